The van der Waals surface area contributed by atoms with Crippen LogP contribution >= 0.6 is 0 Å². The molecule has 0 saturated heterocycles. The molecule has 0 spiro atoms. The highest BCUT2D eigenvalue weighted by Gasteiger charge is 1.97. The largest absolute Gasteiger partial charge is 0.504 e. The van der Waals surface area contributed by atoms with Crippen molar-refractivity contribution in [3.63, 3.8) is 0 Å². The zero-order chi connectivity index (χ0) is 12.5. The summed E-state index contributed by atoms with van der Waals surface area (Å²) in [5, 5.41) is 26.7. The van der Waals surface area contributed by atoms with Crippen molar-refractivity contribution >= 4 is 12.0 Å². The maximum absolute atomic E-state index is 10.3. The third-order valence-electron chi connectivity index (χ3n) is 1.19. The van der Waals surface area contributed by atoms with E-state index < -0.39 is 35.6 Å². The molecule has 0 bridgehead atoms. The normalized spacial score (nSPS) is 14.5. The standard InChI is InChI=1S/C9H8O4/c10-7-3-1-6(5-8(7)11)2-4-9(12)13/h1-5,10-11H,(H,12,13)/b4-2+/i1D,2D,3D. The van der Waals surface area contributed by atoms with E-state index in [4.69, 9.17) is 14.3 Å². The number of carboxylic acid groups (broad SMARTS) is 1. The molecule has 0 fully saturated rings. The summed E-state index contributed by atoms with van der Waals surface area (Å²) >= 11 is 0. The third-order valence-corrected chi connectivity index (χ3v) is 1.19. The fourth-order valence-corrected chi connectivity index (χ4v) is 0.649. The second kappa shape index (κ2) is 3.62. The first-order valence-corrected chi connectivity index (χ1v) is 3.28. The van der Waals surface area contributed by atoms with Crippen molar-refractivity contribution in [2.24, 2.45) is 0 Å². The molecule has 13 heavy (non-hydrogen) atoms. The Kier molecular flexibility index (Phi) is 1.57. The molecule has 0 saturated carbocycles. The van der Waals surface area contributed by atoms with Gasteiger partial charge in [-0.1, -0.05) is 6.04 Å². The number of hydrogen-bond donors (Lipinski definition) is 3. The first kappa shape index (κ1) is 5.64. The fraction of sp³-hybridized carbons (Fsp3) is 0. The Morgan fingerprint density at radius 2 is 2.15 bits per heavy atom. The van der Waals surface area contributed by atoms with Gasteiger partial charge in [-0.3, -0.25) is 0 Å². The average molecular weight is 183 g/mol. The molecule has 0 aliphatic heterocycles. The van der Waals surface area contributed by atoms with Gasteiger partial charge in [0.05, 0.1) is 4.11 Å². The van der Waals surface area contributed by atoms with Gasteiger partial charge in [-0.05, 0) is 23.7 Å². The molecule has 4 nitrogen and oxygen atoms in total. The molecule has 1 rings (SSSR count). The summed E-state index contributed by atoms with van der Waals surface area (Å²) in [6.07, 6.45) is 0.531. The van der Waals surface area contributed by atoms with Gasteiger partial charge < -0.3 is 15.3 Å². The molecule has 4 heteroatoms. The SMILES string of the molecule is [2H]/C(=C\C(=O)O)c1cc(O)c(O)c([2H])c1[2H]. The van der Waals surface area contributed by atoms with E-state index in [2.05, 4.69) is 0 Å². The van der Waals surface area contributed by atoms with E-state index in [1.54, 1.807) is 0 Å². The van der Waals surface area contributed by atoms with E-state index in [-0.39, 0.29) is 5.56 Å². The van der Waals surface area contributed by atoms with Gasteiger partial charge in [0.2, 0.25) is 0 Å². The van der Waals surface area contributed by atoms with Crippen LogP contribution in [0.3, 0.4) is 0 Å². The molecular weight excluding hydrogens is 172 g/mol. The number of hydrogen-bond acceptors (Lipinski definition) is 3. The molecule has 68 valence electrons. The number of phenols is 2. The zero-order valence-corrected chi connectivity index (χ0v) is 6.40. The Balaban J connectivity index is 3.42. The Hall–Kier alpha value is -1.97. The molecule has 1 aromatic rings. The first-order chi connectivity index (χ1) is 7.34. The van der Waals surface area contributed by atoms with Crippen molar-refractivity contribution in [2.75, 3.05) is 0 Å². The lowest BCUT2D eigenvalue weighted by Crippen LogP contribution is -1.85. The number of carboxylic acids is 1. The van der Waals surface area contributed by atoms with Crippen LogP contribution in [-0.4, -0.2) is 21.3 Å². The number of phenolic OH excluding ortho intramolecular Hbond substituents is 2. The zero-order valence-electron chi connectivity index (χ0n) is 9.40. The van der Waals surface area contributed by atoms with E-state index in [1.165, 1.54) is 0 Å². The van der Waals surface area contributed by atoms with Crippen molar-refractivity contribution < 1.29 is 24.2 Å². The Labute approximate surface area is 78.6 Å². The van der Waals surface area contributed by atoms with Crippen LogP contribution in [0.2, 0.25) is 0 Å². The molecule has 1 aromatic carbocycles. The monoisotopic (exact) mass is 183 g/mol. The fourth-order valence-electron chi connectivity index (χ4n) is 0.649. The number of carbonyl (C=O) groups is 1. The van der Waals surface area contributed by atoms with E-state index in [1.807, 2.05) is 0 Å². The summed E-state index contributed by atoms with van der Waals surface area (Å²) in [4.78, 5) is 10.3. The van der Waals surface area contributed by atoms with E-state index >= 15 is 0 Å². The summed E-state index contributed by atoms with van der Waals surface area (Å²) in [6.45, 7) is 0. The Bertz CT molecular complexity index is 482. The Morgan fingerprint density at radius 3 is 2.77 bits per heavy atom. The summed E-state index contributed by atoms with van der Waals surface area (Å²) < 4.78 is 22.0. The van der Waals surface area contributed by atoms with Crippen LogP contribution in [0.15, 0.2) is 24.2 Å². The minimum atomic E-state index is -1.37. The predicted molar refractivity (Wildman–Crippen MR) is 46.4 cm³/mol. The van der Waals surface area contributed by atoms with Crippen LogP contribution in [0.1, 0.15) is 9.68 Å². The van der Waals surface area contributed by atoms with Gasteiger partial charge in [0.15, 0.2) is 11.5 Å². The van der Waals surface area contributed by atoms with Gasteiger partial charge in [0, 0.05) is 6.08 Å². The molecule has 0 heterocycles. The molecule has 0 amide bonds. The average Bonchev–Trinajstić information content (AvgIpc) is 2.19. The van der Waals surface area contributed by atoms with Crippen molar-refractivity contribution in [2.45, 2.75) is 0 Å². The molecule has 3 N–H and O–H groups in total. The molecule has 0 aromatic heterocycles. The van der Waals surface area contributed by atoms with Crippen molar-refractivity contribution in [3.05, 3.63) is 29.8 Å². The van der Waals surface area contributed by atoms with Crippen LogP contribution in [0.25, 0.3) is 6.05 Å². The van der Waals surface area contributed by atoms with Crippen LogP contribution in [0.5, 0.6) is 11.5 Å². The topological polar surface area (TPSA) is 77.8 Å². The van der Waals surface area contributed by atoms with Crippen molar-refractivity contribution in [1.82, 2.24) is 0 Å². The van der Waals surface area contributed by atoms with Crippen molar-refractivity contribution in [1.29, 1.82) is 0 Å². The van der Waals surface area contributed by atoms with Gasteiger partial charge in [-0.2, -0.15) is 0 Å². The maximum Gasteiger partial charge on any atom is 0.328 e. The highest BCUT2D eigenvalue weighted by Crippen LogP contribution is 2.25. The summed E-state index contributed by atoms with van der Waals surface area (Å²) in [5.41, 5.74) is -0.234. The quantitative estimate of drug-likeness (QED) is 0.475. The number of benzene rings is 1. The minimum Gasteiger partial charge on any atom is -0.504 e. The highest BCUT2D eigenvalue weighted by molar-refractivity contribution is 5.85. The smallest absolute Gasteiger partial charge is 0.328 e. The number of aromatic hydroxyl groups is 2. The second-order valence-corrected chi connectivity index (χ2v) is 2.17. The van der Waals surface area contributed by atoms with Gasteiger partial charge in [0.25, 0.3) is 0 Å². The van der Waals surface area contributed by atoms with E-state index in [0.29, 0.717) is 6.08 Å². The van der Waals surface area contributed by atoms with E-state index in [9.17, 15) is 9.90 Å². The van der Waals surface area contributed by atoms with Crippen LogP contribution in [0, 0.1) is 0 Å². The lowest BCUT2D eigenvalue weighted by Gasteiger charge is -1.97. The second-order valence-electron chi connectivity index (χ2n) is 2.17. The summed E-state index contributed by atoms with van der Waals surface area (Å²) in [7, 11) is 0. The lowest BCUT2D eigenvalue weighted by molar-refractivity contribution is -0.131. The van der Waals surface area contributed by atoms with Gasteiger partial charge in [-0.15, -0.1) is 0 Å². The van der Waals surface area contributed by atoms with Crippen LogP contribution in [-0.2, 0) is 4.79 Å². The maximum atomic E-state index is 10.3. The van der Waals surface area contributed by atoms with Crippen molar-refractivity contribution in [3.8, 4) is 11.5 Å². The summed E-state index contributed by atoms with van der Waals surface area (Å²) in [5.74, 6) is -2.81. The molecule has 0 aliphatic carbocycles. The molecular formula is C9H8O4. The number of aliphatic carboxylic acids is 1. The molecule has 0 unspecified atom stereocenters. The third kappa shape index (κ3) is 2.52. The lowest BCUT2D eigenvalue weighted by atomic mass is 10.2. The Morgan fingerprint density at radius 1 is 1.46 bits per heavy atom. The van der Waals surface area contributed by atoms with Crippen LogP contribution < -0.4 is 0 Å². The van der Waals surface area contributed by atoms with Gasteiger partial charge in [-0.25, -0.2) is 4.79 Å². The van der Waals surface area contributed by atoms with Gasteiger partial charge >= 0.3 is 5.97 Å². The summed E-state index contributed by atoms with van der Waals surface area (Å²) in [6, 6.07) is -0.824. The predicted octanol–water partition coefficient (Wildman–Crippen LogP) is 1.20. The molecule has 0 atom stereocenters. The van der Waals surface area contributed by atoms with E-state index in [0.717, 1.165) is 6.07 Å². The van der Waals surface area contributed by atoms with Crippen LogP contribution in [0.4, 0.5) is 0 Å². The van der Waals surface area contributed by atoms with Gasteiger partial charge in [0.1, 0.15) is 0 Å². The minimum absolute atomic E-state index is 0.234. The number of rotatable bonds is 2. The highest BCUT2D eigenvalue weighted by atomic mass is 16.4. The first-order valence-electron chi connectivity index (χ1n) is 4.78. The molecule has 0 radical (unpaired) electrons. The molecule has 0 aliphatic rings.